The van der Waals surface area contributed by atoms with Crippen LogP contribution in [0.1, 0.15) is 24.1 Å². The third kappa shape index (κ3) is 2.68. The minimum atomic E-state index is -0.164. The van der Waals surface area contributed by atoms with Crippen molar-refractivity contribution in [3.8, 4) is 5.75 Å². The highest BCUT2D eigenvalue weighted by Gasteiger charge is 2.22. The maximum absolute atomic E-state index is 13.7. The molecule has 1 N–H and O–H groups in total. The minimum Gasteiger partial charge on any atom is -0.488 e. The lowest BCUT2D eigenvalue weighted by atomic mass is 10.1. The number of fused-ring (bicyclic) bond motifs is 1. The second-order valence-corrected chi connectivity index (χ2v) is 5.20. The zero-order valence-corrected chi connectivity index (χ0v) is 11.5. The Morgan fingerprint density at radius 2 is 1.95 bits per heavy atom. The Morgan fingerprint density at radius 3 is 2.75 bits per heavy atom. The molecule has 0 aromatic heterocycles. The van der Waals surface area contributed by atoms with Gasteiger partial charge in [0.15, 0.2) is 0 Å². The van der Waals surface area contributed by atoms with Gasteiger partial charge in [-0.1, -0.05) is 36.4 Å². The predicted molar refractivity (Wildman–Crippen MR) is 77.4 cm³/mol. The molecule has 1 aliphatic rings. The second kappa shape index (κ2) is 5.63. The highest BCUT2D eigenvalue weighted by molar-refractivity contribution is 5.37. The largest absolute Gasteiger partial charge is 0.488 e. The molecular weight excluding hydrogens is 253 g/mol. The molecular formula is C17H18FNO. The van der Waals surface area contributed by atoms with Crippen molar-refractivity contribution < 1.29 is 9.13 Å². The van der Waals surface area contributed by atoms with E-state index in [1.165, 1.54) is 11.6 Å². The normalized spacial score (nSPS) is 18.4. The molecule has 2 aromatic carbocycles. The second-order valence-electron chi connectivity index (χ2n) is 5.20. The zero-order valence-electron chi connectivity index (χ0n) is 11.5. The summed E-state index contributed by atoms with van der Waals surface area (Å²) < 4.78 is 19.6. The van der Waals surface area contributed by atoms with Crippen molar-refractivity contribution in [3.63, 3.8) is 0 Å². The molecule has 2 nitrogen and oxygen atoms in total. The van der Waals surface area contributed by atoms with Crippen molar-refractivity contribution in [1.82, 2.24) is 5.32 Å². The first-order chi connectivity index (χ1) is 9.74. The molecule has 0 aliphatic carbocycles. The molecule has 1 unspecified atom stereocenters. The maximum Gasteiger partial charge on any atom is 0.127 e. The van der Waals surface area contributed by atoms with E-state index in [-0.39, 0.29) is 18.0 Å². The van der Waals surface area contributed by atoms with Crippen molar-refractivity contribution in [1.29, 1.82) is 0 Å². The highest BCUT2D eigenvalue weighted by Crippen LogP contribution is 2.28. The van der Waals surface area contributed by atoms with Crippen LogP contribution in [0.4, 0.5) is 4.39 Å². The Bertz CT molecular complexity index is 574. The maximum atomic E-state index is 13.7. The first kappa shape index (κ1) is 13.1. The molecule has 20 heavy (non-hydrogen) atoms. The van der Waals surface area contributed by atoms with Crippen molar-refractivity contribution >= 4 is 0 Å². The first-order valence-electron chi connectivity index (χ1n) is 6.96. The number of para-hydroxylation sites is 1. The van der Waals surface area contributed by atoms with E-state index in [2.05, 4.69) is 11.4 Å². The van der Waals surface area contributed by atoms with Crippen LogP contribution >= 0.6 is 0 Å². The topological polar surface area (TPSA) is 21.3 Å². The van der Waals surface area contributed by atoms with Gasteiger partial charge in [0.1, 0.15) is 17.7 Å². The van der Waals surface area contributed by atoms with E-state index in [0.717, 1.165) is 12.2 Å². The molecule has 0 amide bonds. The summed E-state index contributed by atoms with van der Waals surface area (Å²) in [6, 6.07) is 15.0. The van der Waals surface area contributed by atoms with Crippen molar-refractivity contribution in [2.45, 2.75) is 25.5 Å². The standard InChI is InChI=1S/C17H18FNO/c1-12(15-7-3-4-8-16(15)18)19-11-14-10-13-6-2-5-9-17(13)20-14/h2-9,12,14,19H,10-11H2,1H3/t12-,14?/m1/s1. The monoisotopic (exact) mass is 271 g/mol. The van der Waals surface area contributed by atoms with Gasteiger partial charge in [0.05, 0.1) is 0 Å². The fourth-order valence-corrected chi connectivity index (χ4v) is 2.61. The van der Waals surface area contributed by atoms with Crippen LogP contribution in [-0.2, 0) is 6.42 Å². The van der Waals surface area contributed by atoms with E-state index >= 15 is 0 Å². The molecule has 0 saturated heterocycles. The molecule has 3 heteroatoms. The number of halogens is 1. The van der Waals surface area contributed by atoms with Crippen LogP contribution in [0.2, 0.25) is 0 Å². The van der Waals surface area contributed by atoms with Crippen LogP contribution in [0.5, 0.6) is 5.75 Å². The van der Waals surface area contributed by atoms with Crippen LogP contribution < -0.4 is 10.1 Å². The molecule has 1 heterocycles. The van der Waals surface area contributed by atoms with Crippen LogP contribution in [0.3, 0.4) is 0 Å². The molecule has 2 aromatic rings. The summed E-state index contributed by atoms with van der Waals surface area (Å²) in [4.78, 5) is 0. The molecule has 1 aliphatic heterocycles. The molecule has 3 rings (SSSR count). The number of nitrogens with one attached hydrogen (secondary N) is 1. The molecule has 0 radical (unpaired) electrons. The van der Waals surface area contributed by atoms with Gasteiger partial charge in [-0.2, -0.15) is 0 Å². The Labute approximate surface area is 118 Å². The van der Waals surface area contributed by atoms with Crippen LogP contribution in [0, 0.1) is 5.82 Å². The number of hydrogen-bond acceptors (Lipinski definition) is 2. The number of benzene rings is 2. The quantitative estimate of drug-likeness (QED) is 0.919. The Balaban J connectivity index is 1.58. The van der Waals surface area contributed by atoms with Crippen LogP contribution in [-0.4, -0.2) is 12.6 Å². The van der Waals surface area contributed by atoms with Crippen LogP contribution in [0.15, 0.2) is 48.5 Å². The van der Waals surface area contributed by atoms with Gasteiger partial charge < -0.3 is 10.1 Å². The lowest BCUT2D eigenvalue weighted by Gasteiger charge is -2.18. The SMILES string of the molecule is C[C@@H](NCC1Cc2ccccc2O1)c1ccccc1F. The van der Waals surface area contributed by atoms with E-state index in [0.29, 0.717) is 12.1 Å². The summed E-state index contributed by atoms with van der Waals surface area (Å²) in [5, 5.41) is 3.35. The Hall–Kier alpha value is -1.87. The summed E-state index contributed by atoms with van der Waals surface area (Å²) in [5.41, 5.74) is 1.95. The van der Waals surface area contributed by atoms with Gasteiger partial charge in [-0.15, -0.1) is 0 Å². The Morgan fingerprint density at radius 1 is 1.20 bits per heavy atom. The van der Waals surface area contributed by atoms with E-state index in [1.807, 2.05) is 37.3 Å². The lowest BCUT2D eigenvalue weighted by Crippen LogP contribution is -2.32. The first-order valence-corrected chi connectivity index (χ1v) is 6.96. The average Bonchev–Trinajstić information content (AvgIpc) is 2.88. The smallest absolute Gasteiger partial charge is 0.127 e. The summed E-state index contributed by atoms with van der Waals surface area (Å²) in [6.45, 7) is 2.69. The third-order valence-electron chi connectivity index (χ3n) is 3.74. The van der Waals surface area contributed by atoms with E-state index in [1.54, 1.807) is 6.07 Å². The lowest BCUT2D eigenvalue weighted by molar-refractivity contribution is 0.222. The van der Waals surface area contributed by atoms with Gasteiger partial charge in [-0.25, -0.2) is 4.39 Å². The summed E-state index contributed by atoms with van der Waals surface area (Å²) >= 11 is 0. The van der Waals surface area contributed by atoms with Gasteiger partial charge >= 0.3 is 0 Å². The molecule has 0 spiro atoms. The molecule has 0 bridgehead atoms. The highest BCUT2D eigenvalue weighted by atomic mass is 19.1. The van der Waals surface area contributed by atoms with Crippen molar-refractivity contribution in [3.05, 3.63) is 65.5 Å². The summed E-state index contributed by atoms with van der Waals surface area (Å²) in [7, 11) is 0. The fraction of sp³-hybridized carbons (Fsp3) is 0.294. The molecule has 104 valence electrons. The number of hydrogen-bond donors (Lipinski definition) is 1. The molecule has 2 atom stereocenters. The summed E-state index contributed by atoms with van der Waals surface area (Å²) in [6.07, 6.45) is 1.04. The third-order valence-corrected chi connectivity index (χ3v) is 3.74. The zero-order chi connectivity index (χ0) is 13.9. The minimum absolute atomic E-state index is 0.0245. The number of ether oxygens (including phenoxy) is 1. The van der Waals surface area contributed by atoms with E-state index < -0.39 is 0 Å². The van der Waals surface area contributed by atoms with Gasteiger partial charge in [-0.05, 0) is 24.6 Å². The molecule has 0 saturated carbocycles. The number of rotatable bonds is 4. The van der Waals surface area contributed by atoms with Gasteiger partial charge in [-0.3, -0.25) is 0 Å². The average molecular weight is 271 g/mol. The van der Waals surface area contributed by atoms with Crippen LogP contribution in [0.25, 0.3) is 0 Å². The van der Waals surface area contributed by atoms with Gasteiger partial charge in [0.2, 0.25) is 0 Å². The summed E-state index contributed by atoms with van der Waals surface area (Å²) in [5.74, 6) is 0.806. The predicted octanol–water partition coefficient (Wildman–Crippen LogP) is 3.48. The Kier molecular flexibility index (Phi) is 3.70. The molecule has 0 fully saturated rings. The van der Waals surface area contributed by atoms with Crippen molar-refractivity contribution in [2.75, 3.05) is 6.54 Å². The van der Waals surface area contributed by atoms with E-state index in [9.17, 15) is 4.39 Å². The van der Waals surface area contributed by atoms with E-state index in [4.69, 9.17) is 4.74 Å². The van der Waals surface area contributed by atoms with Gasteiger partial charge in [0.25, 0.3) is 0 Å². The van der Waals surface area contributed by atoms with Gasteiger partial charge in [0, 0.05) is 24.6 Å². The fourth-order valence-electron chi connectivity index (χ4n) is 2.61. The van der Waals surface area contributed by atoms with Crippen molar-refractivity contribution in [2.24, 2.45) is 0 Å².